The monoisotopic (exact) mass is 329 g/mol. The number of carboxylic acid groups (broad SMARTS) is 1. The Bertz CT molecular complexity index is 680. The number of carboxylic acids is 1. The quantitative estimate of drug-likeness (QED) is 0.777. The number of carbonyl (C=O) groups excluding carboxylic acids is 1. The predicted molar refractivity (Wildman–Crippen MR) is 89.8 cm³/mol. The minimum Gasteiger partial charge on any atom is -0.494 e. The van der Waals surface area contributed by atoms with E-state index in [1.165, 1.54) is 0 Å². The van der Waals surface area contributed by atoms with Crippen LogP contribution in [0.5, 0.6) is 11.5 Å². The van der Waals surface area contributed by atoms with Crippen LogP contribution in [0.15, 0.2) is 48.5 Å². The van der Waals surface area contributed by atoms with Crippen LogP contribution >= 0.6 is 0 Å². The zero-order valence-electron chi connectivity index (χ0n) is 13.3. The number of nitrogens with one attached hydrogen (secondary N) is 1. The highest BCUT2D eigenvalue weighted by molar-refractivity contribution is 6.04. The predicted octanol–water partition coefficient (Wildman–Crippen LogP) is 3.19. The molecule has 0 heterocycles. The summed E-state index contributed by atoms with van der Waals surface area (Å²) in [6.07, 6.45) is 0.925. The molecule has 2 rings (SSSR count). The van der Waals surface area contributed by atoms with Crippen molar-refractivity contribution >= 4 is 17.6 Å². The zero-order chi connectivity index (χ0) is 17.4. The third kappa shape index (κ3) is 5.31. The number of ether oxygens (including phenoxy) is 2. The van der Waals surface area contributed by atoms with Crippen molar-refractivity contribution in [2.45, 2.75) is 13.3 Å². The summed E-state index contributed by atoms with van der Waals surface area (Å²) < 4.78 is 10.5. The van der Waals surface area contributed by atoms with E-state index in [2.05, 4.69) is 5.32 Å². The Balaban J connectivity index is 1.92. The van der Waals surface area contributed by atoms with Gasteiger partial charge < -0.3 is 19.9 Å². The van der Waals surface area contributed by atoms with Gasteiger partial charge in [0, 0.05) is 11.3 Å². The first kappa shape index (κ1) is 17.3. The molecule has 0 bridgehead atoms. The lowest BCUT2D eigenvalue weighted by molar-refractivity contribution is -0.139. The summed E-state index contributed by atoms with van der Waals surface area (Å²) in [6, 6.07) is 13.4. The fourth-order valence-electron chi connectivity index (χ4n) is 1.91. The van der Waals surface area contributed by atoms with Gasteiger partial charge in [-0.25, -0.2) is 4.79 Å². The molecule has 126 valence electrons. The maximum absolute atomic E-state index is 12.2. The third-order valence-corrected chi connectivity index (χ3v) is 3.06. The Morgan fingerprint density at radius 1 is 0.958 bits per heavy atom. The standard InChI is InChI=1S/C18H19NO5/c1-2-11-23-15-7-3-13(4-8-15)18(22)19-14-5-9-16(10-6-14)24-12-17(20)21/h3-10H,2,11-12H2,1H3,(H,19,22)(H,20,21). The van der Waals surface area contributed by atoms with Crippen LogP contribution in [0.1, 0.15) is 23.7 Å². The summed E-state index contributed by atoms with van der Waals surface area (Å²) in [7, 11) is 0. The van der Waals surface area contributed by atoms with Gasteiger partial charge in [0.25, 0.3) is 5.91 Å². The summed E-state index contributed by atoms with van der Waals surface area (Å²) in [5, 5.41) is 11.3. The van der Waals surface area contributed by atoms with Crippen molar-refractivity contribution in [2.75, 3.05) is 18.5 Å². The maximum atomic E-state index is 12.2. The first-order chi connectivity index (χ1) is 11.6. The molecule has 0 saturated heterocycles. The van der Waals surface area contributed by atoms with Crippen LogP contribution in [-0.4, -0.2) is 30.2 Å². The highest BCUT2D eigenvalue weighted by Gasteiger charge is 2.07. The minimum atomic E-state index is -1.04. The normalized spacial score (nSPS) is 10.0. The first-order valence-electron chi connectivity index (χ1n) is 7.57. The first-order valence-corrected chi connectivity index (χ1v) is 7.57. The van der Waals surface area contributed by atoms with Crippen molar-refractivity contribution in [1.29, 1.82) is 0 Å². The maximum Gasteiger partial charge on any atom is 0.341 e. The highest BCUT2D eigenvalue weighted by atomic mass is 16.5. The number of benzene rings is 2. The molecule has 0 aliphatic heterocycles. The van der Waals surface area contributed by atoms with E-state index in [9.17, 15) is 9.59 Å². The van der Waals surface area contributed by atoms with Crippen molar-refractivity contribution in [1.82, 2.24) is 0 Å². The van der Waals surface area contributed by atoms with E-state index in [-0.39, 0.29) is 5.91 Å². The molecule has 0 fully saturated rings. The number of rotatable bonds is 8. The third-order valence-electron chi connectivity index (χ3n) is 3.06. The number of hydrogen-bond acceptors (Lipinski definition) is 4. The fraction of sp³-hybridized carbons (Fsp3) is 0.222. The van der Waals surface area contributed by atoms with Crippen molar-refractivity contribution in [3.8, 4) is 11.5 Å². The largest absolute Gasteiger partial charge is 0.494 e. The lowest BCUT2D eigenvalue weighted by atomic mass is 10.2. The summed E-state index contributed by atoms with van der Waals surface area (Å²) in [6.45, 7) is 2.26. The Morgan fingerprint density at radius 3 is 2.12 bits per heavy atom. The summed E-state index contributed by atoms with van der Waals surface area (Å²) >= 11 is 0. The van der Waals surface area contributed by atoms with Crippen molar-refractivity contribution in [3.63, 3.8) is 0 Å². The molecule has 24 heavy (non-hydrogen) atoms. The van der Waals surface area contributed by atoms with Gasteiger partial charge in [0.1, 0.15) is 11.5 Å². The van der Waals surface area contributed by atoms with Crippen molar-refractivity contribution < 1.29 is 24.2 Å². The molecule has 6 nitrogen and oxygen atoms in total. The van der Waals surface area contributed by atoms with Crippen LogP contribution in [0.4, 0.5) is 5.69 Å². The van der Waals surface area contributed by atoms with Crippen molar-refractivity contribution in [2.24, 2.45) is 0 Å². The van der Waals surface area contributed by atoms with E-state index in [0.717, 1.165) is 12.2 Å². The summed E-state index contributed by atoms with van der Waals surface area (Å²) in [5.74, 6) is -0.129. The van der Waals surface area contributed by atoms with Gasteiger partial charge in [-0.3, -0.25) is 4.79 Å². The van der Waals surface area contributed by atoms with Gasteiger partial charge >= 0.3 is 5.97 Å². The van der Waals surface area contributed by atoms with Crippen LogP contribution in [-0.2, 0) is 4.79 Å². The van der Waals surface area contributed by atoms with Gasteiger partial charge in [-0.2, -0.15) is 0 Å². The van der Waals surface area contributed by atoms with Crippen LogP contribution in [0.25, 0.3) is 0 Å². The number of carbonyl (C=O) groups is 2. The Kier molecular flexibility index (Phi) is 6.19. The lowest BCUT2D eigenvalue weighted by Crippen LogP contribution is -2.12. The highest BCUT2D eigenvalue weighted by Crippen LogP contribution is 2.17. The molecule has 2 N–H and O–H groups in total. The smallest absolute Gasteiger partial charge is 0.341 e. The molecule has 0 spiro atoms. The van der Waals surface area contributed by atoms with E-state index < -0.39 is 12.6 Å². The molecule has 1 amide bonds. The van der Waals surface area contributed by atoms with Crippen molar-refractivity contribution in [3.05, 3.63) is 54.1 Å². The molecule has 0 saturated carbocycles. The molecule has 2 aromatic rings. The fourth-order valence-corrected chi connectivity index (χ4v) is 1.91. The second kappa shape index (κ2) is 8.57. The minimum absolute atomic E-state index is 0.240. The average molecular weight is 329 g/mol. The van der Waals surface area contributed by atoms with Crippen LogP contribution < -0.4 is 14.8 Å². The van der Waals surface area contributed by atoms with Crippen LogP contribution in [0, 0.1) is 0 Å². The van der Waals surface area contributed by atoms with Gasteiger partial charge in [-0.05, 0) is 55.0 Å². The average Bonchev–Trinajstić information content (AvgIpc) is 2.59. The van der Waals surface area contributed by atoms with Gasteiger partial charge in [-0.1, -0.05) is 6.92 Å². The Labute approximate surface area is 140 Å². The molecule has 0 radical (unpaired) electrons. The Morgan fingerprint density at radius 2 is 1.54 bits per heavy atom. The molecule has 6 heteroatoms. The number of aliphatic carboxylic acids is 1. The lowest BCUT2D eigenvalue weighted by Gasteiger charge is -2.08. The van der Waals surface area contributed by atoms with E-state index in [1.807, 2.05) is 6.92 Å². The second-order valence-corrected chi connectivity index (χ2v) is 5.03. The number of hydrogen-bond donors (Lipinski definition) is 2. The van der Waals surface area contributed by atoms with E-state index in [1.54, 1.807) is 48.5 Å². The topological polar surface area (TPSA) is 84.9 Å². The number of amides is 1. The van der Waals surface area contributed by atoms with E-state index in [4.69, 9.17) is 14.6 Å². The molecule has 2 aromatic carbocycles. The molecule has 0 atom stereocenters. The summed E-state index contributed by atoms with van der Waals surface area (Å²) in [5.41, 5.74) is 1.11. The number of anilines is 1. The van der Waals surface area contributed by atoms with Crippen LogP contribution in [0.2, 0.25) is 0 Å². The van der Waals surface area contributed by atoms with E-state index in [0.29, 0.717) is 23.6 Å². The molecule has 0 aliphatic carbocycles. The molecular formula is C18H19NO5. The molecule has 0 aromatic heterocycles. The van der Waals surface area contributed by atoms with Gasteiger partial charge in [-0.15, -0.1) is 0 Å². The molecule has 0 unspecified atom stereocenters. The summed E-state index contributed by atoms with van der Waals surface area (Å²) in [4.78, 5) is 22.6. The Hall–Kier alpha value is -3.02. The zero-order valence-corrected chi connectivity index (χ0v) is 13.3. The van der Waals surface area contributed by atoms with Gasteiger partial charge in [0.05, 0.1) is 6.61 Å². The van der Waals surface area contributed by atoms with Gasteiger partial charge in [0.2, 0.25) is 0 Å². The molecular weight excluding hydrogens is 310 g/mol. The second-order valence-electron chi connectivity index (χ2n) is 5.03. The SMILES string of the molecule is CCCOc1ccc(C(=O)Nc2ccc(OCC(=O)O)cc2)cc1. The van der Waals surface area contributed by atoms with Crippen LogP contribution in [0.3, 0.4) is 0 Å². The van der Waals surface area contributed by atoms with Gasteiger partial charge in [0.15, 0.2) is 6.61 Å². The molecule has 0 aliphatic rings. The van der Waals surface area contributed by atoms with E-state index >= 15 is 0 Å².